The summed E-state index contributed by atoms with van der Waals surface area (Å²) in [5, 5.41) is 6.38. The van der Waals surface area contributed by atoms with Crippen molar-refractivity contribution in [1.82, 2.24) is 10.2 Å². The number of nitrogens with one attached hydrogen (secondary N) is 2. The molecule has 4 rings (SSSR count). The van der Waals surface area contributed by atoms with E-state index in [0.717, 1.165) is 64.1 Å². The zero-order valence-corrected chi connectivity index (χ0v) is 24.6. The van der Waals surface area contributed by atoms with Gasteiger partial charge in [-0.2, -0.15) is 0 Å². The Kier molecular flexibility index (Phi) is 12.4. The molecule has 218 valence electrons. The first kappa shape index (κ1) is 30.1. The first-order valence-corrected chi connectivity index (χ1v) is 15.9. The molecule has 1 saturated carbocycles. The van der Waals surface area contributed by atoms with Crippen LogP contribution in [0.15, 0.2) is 48.5 Å². The largest absolute Gasteiger partial charge is 0.368 e. The first-order valence-electron chi connectivity index (χ1n) is 15.9. The molecule has 6 heteroatoms. The first-order chi connectivity index (χ1) is 19.6. The number of piperazine rings is 1. The number of amides is 2. The highest BCUT2D eigenvalue weighted by atomic mass is 16.2. The van der Waals surface area contributed by atoms with Crippen molar-refractivity contribution in [2.24, 2.45) is 0 Å². The molecular formula is C34H50N4O2. The molecule has 2 aliphatic rings. The molecule has 0 aromatic heterocycles. The van der Waals surface area contributed by atoms with E-state index in [0.29, 0.717) is 17.7 Å². The summed E-state index contributed by atoms with van der Waals surface area (Å²) in [6.45, 7) is 6.84. The standard InChI is InChI=1S/C34H50N4O2/c1-2-3-4-5-6-7-14-19-33(39)35-30-20-21-32(31(26-30)34(40)36-29-17-12-9-13-18-29)38-24-22-37(23-25-38)27-28-15-10-8-11-16-28/h8,10-11,15-16,20-21,26,29H,2-7,9,12-14,17-19,22-25,27H2,1H3,(H,35,39)(H,36,40). The third-order valence-electron chi connectivity index (χ3n) is 8.43. The molecule has 40 heavy (non-hydrogen) atoms. The predicted molar refractivity (Wildman–Crippen MR) is 166 cm³/mol. The summed E-state index contributed by atoms with van der Waals surface area (Å²) in [4.78, 5) is 31.1. The predicted octanol–water partition coefficient (Wildman–Crippen LogP) is 7.15. The van der Waals surface area contributed by atoms with Gasteiger partial charge in [0.2, 0.25) is 5.91 Å². The van der Waals surface area contributed by atoms with Gasteiger partial charge in [0.1, 0.15) is 0 Å². The van der Waals surface area contributed by atoms with Crippen LogP contribution in [0.25, 0.3) is 0 Å². The minimum atomic E-state index is -0.0169. The van der Waals surface area contributed by atoms with Crippen LogP contribution in [0, 0.1) is 0 Å². The Morgan fingerprint density at radius 1 is 0.825 bits per heavy atom. The fraction of sp³-hybridized carbons (Fsp3) is 0.588. The molecule has 2 aromatic carbocycles. The molecule has 0 spiro atoms. The smallest absolute Gasteiger partial charge is 0.253 e. The number of nitrogens with zero attached hydrogens (tertiary/aromatic N) is 2. The zero-order chi connectivity index (χ0) is 28.0. The highest BCUT2D eigenvalue weighted by Gasteiger charge is 2.24. The lowest BCUT2D eigenvalue weighted by Gasteiger charge is -2.37. The van der Waals surface area contributed by atoms with Crippen LogP contribution in [0.5, 0.6) is 0 Å². The molecule has 2 aromatic rings. The lowest BCUT2D eigenvalue weighted by atomic mass is 9.95. The van der Waals surface area contributed by atoms with Crippen LogP contribution < -0.4 is 15.5 Å². The van der Waals surface area contributed by atoms with Crippen LogP contribution >= 0.6 is 0 Å². The Balaban J connectivity index is 1.37. The van der Waals surface area contributed by atoms with Gasteiger partial charge in [-0.05, 0) is 43.0 Å². The van der Waals surface area contributed by atoms with E-state index in [1.807, 2.05) is 18.2 Å². The molecule has 2 fully saturated rings. The van der Waals surface area contributed by atoms with E-state index < -0.39 is 0 Å². The van der Waals surface area contributed by atoms with E-state index in [-0.39, 0.29) is 17.9 Å². The second-order valence-electron chi connectivity index (χ2n) is 11.7. The summed E-state index contributed by atoms with van der Waals surface area (Å²) in [5.41, 5.74) is 3.70. The fourth-order valence-corrected chi connectivity index (χ4v) is 6.04. The van der Waals surface area contributed by atoms with Crippen LogP contribution in [0.3, 0.4) is 0 Å². The van der Waals surface area contributed by atoms with E-state index in [9.17, 15) is 9.59 Å². The molecule has 0 bridgehead atoms. The quantitative estimate of drug-likeness (QED) is 0.247. The van der Waals surface area contributed by atoms with Crippen LogP contribution in [0.4, 0.5) is 11.4 Å². The average Bonchev–Trinajstić information content (AvgIpc) is 2.98. The van der Waals surface area contributed by atoms with Gasteiger partial charge in [0.05, 0.1) is 5.56 Å². The number of anilines is 2. The summed E-state index contributed by atoms with van der Waals surface area (Å²) in [6.07, 6.45) is 14.6. The summed E-state index contributed by atoms with van der Waals surface area (Å²) in [7, 11) is 0. The number of hydrogen-bond acceptors (Lipinski definition) is 4. The Hall–Kier alpha value is -2.86. The molecule has 1 saturated heterocycles. The number of carbonyl (C=O) groups excluding carboxylic acids is 2. The van der Waals surface area contributed by atoms with E-state index in [1.54, 1.807) is 0 Å². The van der Waals surface area contributed by atoms with Crippen molar-refractivity contribution in [2.75, 3.05) is 36.4 Å². The van der Waals surface area contributed by atoms with Gasteiger partial charge >= 0.3 is 0 Å². The second-order valence-corrected chi connectivity index (χ2v) is 11.7. The summed E-state index contributed by atoms with van der Waals surface area (Å²) < 4.78 is 0. The molecular weight excluding hydrogens is 496 g/mol. The molecule has 2 N–H and O–H groups in total. The van der Waals surface area contributed by atoms with Crippen molar-refractivity contribution in [1.29, 1.82) is 0 Å². The van der Waals surface area contributed by atoms with Gasteiger partial charge in [-0.15, -0.1) is 0 Å². The molecule has 0 unspecified atom stereocenters. The normalized spacial score (nSPS) is 16.6. The van der Waals surface area contributed by atoms with Crippen LogP contribution in [0.2, 0.25) is 0 Å². The second kappa shape index (κ2) is 16.4. The van der Waals surface area contributed by atoms with Gasteiger partial charge in [-0.25, -0.2) is 0 Å². The minimum absolute atomic E-state index is 0.0169. The van der Waals surface area contributed by atoms with Gasteiger partial charge in [-0.3, -0.25) is 14.5 Å². The van der Waals surface area contributed by atoms with Crippen molar-refractivity contribution in [3.63, 3.8) is 0 Å². The van der Waals surface area contributed by atoms with E-state index in [2.05, 4.69) is 57.7 Å². The third kappa shape index (κ3) is 9.65. The summed E-state index contributed by atoms with van der Waals surface area (Å²) >= 11 is 0. The van der Waals surface area contributed by atoms with Crippen molar-refractivity contribution < 1.29 is 9.59 Å². The average molecular weight is 547 g/mol. The summed E-state index contributed by atoms with van der Waals surface area (Å²) in [5.74, 6) is 0.0197. The molecule has 1 aliphatic heterocycles. The Morgan fingerprint density at radius 2 is 1.52 bits per heavy atom. The molecule has 0 radical (unpaired) electrons. The monoisotopic (exact) mass is 546 g/mol. The SMILES string of the molecule is CCCCCCCCCC(=O)Nc1ccc(N2CCN(Cc3ccccc3)CC2)c(C(=O)NC2CCCCC2)c1. The van der Waals surface area contributed by atoms with Gasteiger partial charge < -0.3 is 15.5 Å². The molecule has 0 atom stereocenters. The summed E-state index contributed by atoms with van der Waals surface area (Å²) in [6, 6.07) is 16.7. The van der Waals surface area contributed by atoms with Crippen molar-refractivity contribution >= 4 is 23.2 Å². The number of benzene rings is 2. The van der Waals surface area contributed by atoms with Gasteiger partial charge in [0.15, 0.2) is 0 Å². The van der Waals surface area contributed by atoms with Gasteiger partial charge in [0, 0.05) is 56.6 Å². The topological polar surface area (TPSA) is 64.7 Å². The van der Waals surface area contributed by atoms with Gasteiger partial charge in [0.25, 0.3) is 5.91 Å². The lowest BCUT2D eigenvalue weighted by molar-refractivity contribution is -0.116. The van der Waals surface area contributed by atoms with Crippen LogP contribution in [-0.2, 0) is 11.3 Å². The Labute approximate surface area is 241 Å². The van der Waals surface area contributed by atoms with Crippen LogP contribution in [0.1, 0.15) is 106 Å². The zero-order valence-electron chi connectivity index (χ0n) is 24.6. The maximum absolute atomic E-state index is 13.6. The van der Waals surface area contributed by atoms with Gasteiger partial charge in [-0.1, -0.05) is 95.0 Å². The maximum atomic E-state index is 13.6. The van der Waals surface area contributed by atoms with E-state index >= 15 is 0 Å². The fourth-order valence-electron chi connectivity index (χ4n) is 6.04. The van der Waals surface area contributed by atoms with Crippen molar-refractivity contribution in [3.05, 3.63) is 59.7 Å². The molecule has 2 amide bonds. The third-order valence-corrected chi connectivity index (χ3v) is 8.43. The lowest BCUT2D eigenvalue weighted by Crippen LogP contribution is -2.46. The number of unbranched alkanes of at least 4 members (excludes halogenated alkanes) is 6. The molecule has 1 aliphatic carbocycles. The highest BCUT2D eigenvalue weighted by Crippen LogP contribution is 2.27. The number of carbonyl (C=O) groups is 2. The van der Waals surface area contributed by atoms with E-state index in [4.69, 9.17) is 0 Å². The Morgan fingerprint density at radius 3 is 2.25 bits per heavy atom. The highest BCUT2D eigenvalue weighted by molar-refractivity contribution is 6.02. The van der Waals surface area contributed by atoms with Crippen molar-refractivity contribution in [3.8, 4) is 0 Å². The Bertz CT molecular complexity index is 1040. The number of rotatable bonds is 14. The maximum Gasteiger partial charge on any atom is 0.253 e. The van der Waals surface area contributed by atoms with Crippen molar-refractivity contribution in [2.45, 2.75) is 103 Å². The number of hydrogen-bond donors (Lipinski definition) is 2. The minimum Gasteiger partial charge on any atom is -0.368 e. The van der Waals surface area contributed by atoms with E-state index in [1.165, 1.54) is 56.9 Å². The molecule has 1 heterocycles. The van der Waals surface area contributed by atoms with Crippen LogP contribution in [-0.4, -0.2) is 48.9 Å². The molecule has 6 nitrogen and oxygen atoms in total.